The number of methoxy groups -OCH3 is 1. The Labute approximate surface area is 201 Å². The van der Waals surface area contributed by atoms with Crippen LogP contribution in [0.1, 0.15) is 37.2 Å². The number of benzene rings is 1. The van der Waals surface area contributed by atoms with Crippen molar-refractivity contribution < 1.29 is 4.74 Å². The molecule has 4 aromatic rings. The van der Waals surface area contributed by atoms with Crippen LogP contribution in [0.5, 0.6) is 5.75 Å². The van der Waals surface area contributed by atoms with Crippen LogP contribution in [0, 0.1) is 0 Å². The van der Waals surface area contributed by atoms with Gasteiger partial charge in [0.05, 0.1) is 18.3 Å². The van der Waals surface area contributed by atoms with E-state index in [4.69, 9.17) is 4.74 Å². The minimum Gasteiger partial charge on any atom is -0.497 e. The molecule has 6 heteroatoms. The van der Waals surface area contributed by atoms with Crippen LogP contribution in [0.25, 0.3) is 21.9 Å². The van der Waals surface area contributed by atoms with Crippen molar-refractivity contribution in [2.24, 2.45) is 7.05 Å². The second-order valence-corrected chi connectivity index (χ2v) is 9.82. The number of anilines is 1. The van der Waals surface area contributed by atoms with Crippen LogP contribution in [-0.2, 0) is 7.05 Å². The lowest BCUT2D eigenvalue weighted by Crippen LogP contribution is -2.51. The molecule has 0 amide bonds. The molecule has 6 rings (SSSR count). The third-order valence-electron chi connectivity index (χ3n) is 7.97. The second-order valence-electron chi connectivity index (χ2n) is 9.82. The smallest absolute Gasteiger partial charge is 0.139 e. The molecular formula is C28H33N5O. The number of rotatable bonds is 4. The van der Waals surface area contributed by atoms with E-state index in [1.54, 1.807) is 7.11 Å². The van der Waals surface area contributed by atoms with Gasteiger partial charge in [0.15, 0.2) is 0 Å². The standard InChI is InChI=1S/C28H33N5O/c1-31-19-25(24-6-4-12-30-28(24)31)20-7-9-22(10-8-20)32-13-15-33(16-14-32)26-18-23(34-2)17-21-5-3-11-29-27(21)26/h3-6,11-12,17-20,22H,7-10,13-16H2,1-2H3/t20-,22+. The van der Waals surface area contributed by atoms with E-state index in [1.807, 2.05) is 18.5 Å². The van der Waals surface area contributed by atoms with Crippen LogP contribution >= 0.6 is 0 Å². The van der Waals surface area contributed by atoms with Crippen molar-refractivity contribution in [3.05, 3.63) is 60.6 Å². The summed E-state index contributed by atoms with van der Waals surface area (Å²) in [6.45, 7) is 4.29. The van der Waals surface area contributed by atoms with Gasteiger partial charge in [-0.1, -0.05) is 6.07 Å². The van der Waals surface area contributed by atoms with E-state index in [-0.39, 0.29) is 0 Å². The normalized spacial score (nSPS) is 21.9. The summed E-state index contributed by atoms with van der Waals surface area (Å²) in [6.07, 6.45) is 11.2. The van der Waals surface area contributed by atoms with Crippen molar-refractivity contribution >= 4 is 27.6 Å². The number of piperazine rings is 1. The van der Waals surface area contributed by atoms with E-state index in [9.17, 15) is 0 Å². The third kappa shape index (κ3) is 3.80. The molecule has 1 aliphatic heterocycles. The van der Waals surface area contributed by atoms with E-state index in [0.29, 0.717) is 12.0 Å². The van der Waals surface area contributed by atoms with Gasteiger partial charge in [0.2, 0.25) is 0 Å². The first-order chi connectivity index (χ1) is 16.7. The minimum atomic E-state index is 0.652. The molecule has 2 aliphatic rings. The number of aryl methyl sites for hydroxylation is 1. The molecule has 0 spiro atoms. The molecule has 0 N–H and O–H groups in total. The molecule has 3 aromatic heterocycles. The third-order valence-corrected chi connectivity index (χ3v) is 7.97. The highest BCUT2D eigenvalue weighted by Gasteiger charge is 2.30. The molecule has 0 radical (unpaired) electrons. The van der Waals surface area contributed by atoms with Crippen LogP contribution in [-0.4, -0.2) is 58.8 Å². The molecule has 6 nitrogen and oxygen atoms in total. The zero-order chi connectivity index (χ0) is 23.1. The summed E-state index contributed by atoms with van der Waals surface area (Å²) >= 11 is 0. The molecule has 4 heterocycles. The van der Waals surface area contributed by atoms with Crippen LogP contribution in [0.2, 0.25) is 0 Å². The summed E-state index contributed by atoms with van der Waals surface area (Å²) in [6, 6.07) is 13.3. The summed E-state index contributed by atoms with van der Waals surface area (Å²) in [4.78, 5) is 14.5. The molecule has 0 unspecified atom stereocenters. The van der Waals surface area contributed by atoms with Crippen LogP contribution < -0.4 is 9.64 Å². The van der Waals surface area contributed by atoms with Gasteiger partial charge in [0.1, 0.15) is 11.4 Å². The maximum absolute atomic E-state index is 5.57. The number of hydrogen-bond acceptors (Lipinski definition) is 5. The maximum Gasteiger partial charge on any atom is 0.139 e. The molecule has 176 valence electrons. The fraction of sp³-hybridized carbons (Fsp3) is 0.429. The van der Waals surface area contributed by atoms with Gasteiger partial charge in [0.25, 0.3) is 0 Å². The summed E-state index contributed by atoms with van der Waals surface area (Å²) in [5.74, 6) is 1.56. The predicted octanol–water partition coefficient (Wildman–Crippen LogP) is 4.98. The van der Waals surface area contributed by atoms with Crippen LogP contribution in [0.3, 0.4) is 0 Å². The molecule has 0 atom stereocenters. The minimum absolute atomic E-state index is 0.652. The number of hydrogen-bond donors (Lipinski definition) is 0. The first-order valence-electron chi connectivity index (χ1n) is 12.5. The summed E-state index contributed by atoms with van der Waals surface area (Å²) in [7, 11) is 3.86. The van der Waals surface area contributed by atoms with Gasteiger partial charge < -0.3 is 14.2 Å². The molecule has 2 fully saturated rings. The van der Waals surface area contributed by atoms with Gasteiger partial charge in [-0.25, -0.2) is 4.98 Å². The first-order valence-corrected chi connectivity index (χ1v) is 12.5. The molecule has 1 saturated carbocycles. The number of aromatic nitrogens is 3. The van der Waals surface area contributed by atoms with E-state index in [2.05, 4.69) is 67.9 Å². The Balaban J connectivity index is 1.11. The zero-order valence-electron chi connectivity index (χ0n) is 20.2. The molecule has 1 aromatic carbocycles. The van der Waals surface area contributed by atoms with Crippen LogP contribution in [0.15, 0.2) is 55.0 Å². The van der Waals surface area contributed by atoms with E-state index < -0.39 is 0 Å². The Hall–Kier alpha value is -3.12. The summed E-state index contributed by atoms with van der Waals surface area (Å²) < 4.78 is 7.76. The fourth-order valence-corrected chi connectivity index (χ4v) is 6.15. The van der Waals surface area contributed by atoms with E-state index >= 15 is 0 Å². The Kier molecular flexibility index (Phi) is 5.61. The predicted molar refractivity (Wildman–Crippen MR) is 138 cm³/mol. The molecule has 1 aliphatic carbocycles. The van der Waals surface area contributed by atoms with Crippen molar-refractivity contribution in [1.29, 1.82) is 0 Å². The molecule has 34 heavy (non-hydrogen) atoms. The quantitative estimate of drug-likeness (QED) is 0.434. The summed E-state index contributed by atoms with van der Waals surface area (Å²) in [5.41, 5.74) is 4.87. The highest BCUT2D eigenvalue weighted by molar-refractivity contribution is 5.92. The fourth-order valence-electron chi connectivity index (χ4n) is 6.15. The van der Waals surface area contributed by atoms with Gasteiger partial charge >= 0.3 is 0 Å². The first kappa shape index (κ1) is 21.4. The van der Waals surface area contributed by atoms with Crippen molar-refractivity contribution in [3.8, 4) is 5.75 Å². The Morgan fingerprint density at radius 1 is 0.912 bits per heavy atom. The van der Waals surface area contributed by atoms with Gasteiger partial charge in [-0.3, -0.25) is 9.88 Å². The highest BCUT2D eigenvalue weighted by Crippen LogP contribution is 2.39. The van der Waals surface area contributed by atoms with Crippen molar-refractivity contribution in [2.45, 2.75) is 37.6 Å². The largest absolute Gasteiger partial charge is 0.497 e. The topological polar surface area (TPSA) is 46.4 Å². The van der Waals surface area contributed by atoms with Crippen LogP contribution in [0.4, 0.5) is 5.69 Å². The van der Waals surface area contributed by atoms with Gasteiger partial charge in [0, 0.05) is 74.7 Å². The van der Waals surface area contributed by atoms with Crippen molar-refractivity contribution in [3.63, 3.8) is 0 Å². The number of pyridine rings is 2. The van der Waals surface area contributed by atoms with Crippen molar-refractivity contribution in [2.75, 3.05) is 38.2 Å². The van der Waals surface area contributed by atoms with Gasteiger partial charge in [-0.05, 0) is 61.4 Å². The zero-order valence-corrected chi connectivity index (χ0v) is 20.2. The summed E-state index contributed by atoms with van der Waals surface area (Å²) in [5, 5.41) is 2.47. The number of ether oxygens (including phenoxy) is 1. The average molecular weight is 456 g/mol. The molecule has 1 saturated heterocycles. The highest BCUT2D eigenvalue weighted by atomic mass is 16.5. The maximum atomic E-state index is 5.57. The van der Waals surface area contributed by atoms with Crippen molar-refractivity contribution in [1.82, 2.24) is 19.4 Å². The number of fused-ring (bicyclic) bond motifs is 2. The number of nitrogens with zero attached hydrogens (tertiary/aromatic N) is 5. The van der Waals surface area contributed by atoms with Gasteiger partial charge in [-0.15, -0.1) is 0 Å². The Morgan fingerprint density at radius 3 is 2.47 bits per heavy atom. The second kappa shape index (κ2) is 8.91. The Morgan fingerprint density at radius 2 is 1.68 bits per heavy atom. The Bertz CT molecular complexity index is 1300. The molecular weight excluding hydrogens is 422 g/mol. The molecule has 0 bridgehead atoms. The lowest BCUT2D eigenvalue weighted by atomic mass is 9.81. The lowest BCUT2D eigenvalue weighted by Gasteiger charge is -2.42. The van der Waals surface area contributed by atoms with E-state index in [1.165, 1.54) is 42.3 Å². The lowest BCUT2D eigenvalue weighted by molar-refractivity contribution is 0.141. The average Bonchev–Trinajstić information content (AvgIpc) is 3.25. The SMILES string of the molecule is COc1cc(N2CCN([C@H]3CC[C@@H](c4cn(C)c5ncccc54)CC3)CC2)c2ncccc2c1. The monoisotopic (exact) mass is 455 g/mol. The van der Waals surface area contributed by atoms with E-state index in [0.717, 1.165) is 48.5 Å². The van der Waals surface area contributed by atoms with Gasteiger partial charge in [-0.2, -0.15) is 0 Å².